The molecule has 0 amide bonds. The summed E-state index contributed by atoms with van der Waals surface area (Å²) in [7, 11) is 0. The Balaban J connectivity index is 1.23. The maximum Gasteiger partial charge on any atom is 0.227 e. The lowest BCUT2D eigenvalue weighted by molar-refractivity contribution is 0.620. The molecule has 0 spiro atoms. The topological polar surface area (TPSA) is 49.8 Å². The Morgan fingerprint density at radius 3 is 1.47 bits per heavy atom. The average molecular weight is 601 g/mol. The Kier molecular flexibility index (Phi) is 7.22. The Labute approximate surface area is 273 Å². The van der Waals surface area contributed by atoms with Gasteiger partial charge in [0.15, 0.2) is 5.58 Å². The van der Waals surface area contributed by atoms with Crippen LogP contribution in [0.1, 0.15) is 5.56 Å². The van der Waals surface area contributed by atoms with Gasteiger partial charge in [-0.1, -0.05) is 133 Å². The first-order valence-corrected chi connectivity index (χ1v) is 15.6. The van der Waals surface area contributed by atoms with E-state index in [-0.39, 0.29) is 0 Å². The number of aromatic nitrogens is 1. The second-order valence-electron chi connectivity index (χ2n) is 11.5. The summed E-state index contributed by atoms with van der Waals surface area (Å²) >= 11 is 0. The van der Waals surface area contributed by atoms with E-state index < -0.39 is 0 Å². The standard InChI is InChI=1S/C44H28N2O/c45-29-30-14-16-35(17-15-30)38-12-7-13-39(26-38)44-46-43-41(37-24-22-34(23-25-37)32-10-5-2-6-11-32)27-40(28-42(43)47-44)36-20-18-33(19-21-36)31-8-3-1-4-9-31/h1-28H. The fraction of sp³-hybridized carbons (Fsp3) is 0. The van der Waals surface area contributed by atoms with Crippen LogP contribution in [0.15, 0.2) is 174 Å². The van der Waals surface area contributed by atoms with Gasteiger partial charge in [0.1, 0.15) is 5.52 Å². The van der Waals surface area contributed by atoms with Gasteiger partial charge in [-0.25, -0.2) is 4.98 Å². The maximum absolute atomic E-state index is 9.21. The molecule has 3 heteroatoms. The van der Waals surface area contributed by atoms with Gasteiger partial charge in [0.2, 0.25) is 5.89 Å². The molecule has 0 N–H and O–H groups in total. The van der Waals surface area contributed by atoms with Gasteiger partial charge in [-0.2, -0.15) is 5.26 Å². The van der Waals surface area contributed by atoms with E-state index >= 15 is 0 Å². The molecule has 0 aliphatic heterocycles. The molecular weight excluding hydrogens is 572 g/mol. The van der Waals surface area contributed by atoms with Crippen LogP contribution in [0.2, 0.25) is 0 Å². The first-order chi connectivity index (χ1) is 23.2. The van der Waals surface area contributed by atoms with Crippen LogP contribution in [0.4, 0.5) is 0 Å². The zero-order valence-electron chi connectivity index (χ0n) is 25.5. The predicted molar refractivity (Wildman–Crippen MR) is 191 cm³/mol. The number of oxazole rings is 1. The predicted octanol–water partition coefficient (Wildman–Crippen LogP) is 11.7. The molecule has 0 fully saturated rings. The molecule has 8 rings (SSSR count). The monoisotopic (exact) mass is 600 g/mol. The Morgan fingerprint density at radius 2 is 0.872 bits per heavy atom. The van der Waals surface area contributed by atoms with Gasteiger partial charge >= 0.3 is 0 Å². The molecule has 220 valence electrons. The van der Waals surface area contributed by atoms with E-state index in [1.165, 1.54) is 22.3 Å². The lowest BCUT2D eigenvalue weighted by atomic mass is 9.95. The van der Waals surface area contributed by atoms with Gasteiger partial charge in [0.05, 0.1) is 11.6 Å². The second kappa shape index (κ2) is 12.1. The van der Waals surface area contributed by atoms with Crippen molar-refractivity contribution >= 4 is 11.1 Å². The average Bonchev–Trinajstić information content (AvgIpc) is 3.60. The molecule has 0 aliphatic carbocycles. The van der Waals surface area contributed by atoms with E-state index in [9.17, 15) is 5.26 Å². The summed E-state index contributed by atoms with van der Waals surface area (Å²) in [5.74, 6) is 0.564. The molecule has 7 aromatic carbocycles. The molecule has 47 heavy (non-hydrogen) atoms. The van der Waals surface area contributed by atoms with E-state index in [0.717, 1.165) is 50.0 Å². The third-order valence-electron chi connectivity index (χ3n) is 8.58. The molecule has 1 aromatic heterocycles. The van der Waals surface area contributed by atoms with Crippen molar-refractivity contribution in [2.45, 2.75) is 0 Å². The van der Waals surface area contributed by atoms with E-state index in [4.69, 9.17) is 9.40 Å². The molecule has 1 heterocycles. The van der Waals surface area contributed by atoms with Crippen molar-refractivity contribution in [3.8, 4) is 73.2 Å². The Morgan fingerprint density at radius 1 is 0.404 bits per heavy atom. The summed E-state index contributed by atoms with van der Waals surface area (Å²) in [5, 5.41) is 9.21. The van der Waals surface area contributed by atoms with E-state index in [2.05, 4.69) is 127 Å². The summed E-state index contributed by atoms with van der Waals surface area (Å²) in [5.41, 5.74) is 14.1. The quantitative estimate of drug-likeness (QED) is 0.191. The molecule has 0 saturated heterocycles. The molecule has 0 atom stereocenters. The summed E-state index contributed by atoms with van der Waals surface area (Å²) in [4.78, 5) is 5.08. The SMILES string of the molecule is N#Cc1ccc(-c2cccc(-c3nc4c(-c5ccc(-c6ccccc6)cc5)cc(-c5ccc(-c6ccccc6)cc5)cc4o3)c2)cc1. The van der Waals surface area contributed by atoms with Gasteiger partial charge in [0, 0.05) is 11.1 Å². The Hall–Kier alpha value is -6.50. The number of benzene rings is 7. The van der Waals surface area contributed by atoms with Gasteiger partial charge in [-0.15, -0.1) is 0 Å². The smallest absolute Gasteiger partial charge is 0.227 e. The zero-order chi connectivity index (χ0) is 31.6. The van der Waals surface area contributed by atoms with Crippen LogP contribution in [0.25, 0.3) is 78.2 Å². The van der Waals surface area contributed by atoms with Crippen molar-refractivity contribution in [2.24, 2.45) is 0 Å². The van der Waals surface area contributed by atoms with Crippen molar-refractivity contribution < 1.29 is 4.42 Å². The minimum absolute atomic E-state index is 0.564. The number of rotatable bonds is 6. The minimum atomic E-state index is 0.564. The van der Waals surface area contributed by atoms with Crippen LogP contribution in [0.5, 0.6) is 0 Å². The first-order valence-electron chi connectivity index (χ1n) is 15.6. The second-order valence-corrected chi connectivity index (χ2v) is 11.5. The van der Waals surface area contributed by atoms with E-state index in [1.807, 2.05) is 48.5 Å². The largest absolute Gasteiger partial charge is 0.436 e. The number of hydrogen-bond acceptors (Lipinski definition) is 3. The zero-order valence-corrected chi connectivity index (χ0v) is 25.5. The molecule has 0 saturated carbocycles. The summed E-state index contributed by atoms with van der Waals surface area (Å²) < 4.78 is 6.54. The van der Waals surface area contributed by atoms with Crippen LogP contribution < -0.4 is 0 Å². The van der Waals surface area contributed by atoms with Gasteiger partial charge in [-0.05, 0) is 86.5 Å². The fourth-order valence-electron chi connectivity index (χ4n) is 6.07. The van der Waals surface area contributed by atoms with Gasteiger partial charge in [-0.3, -0.25) is 0 Å². The van der Waals surface area contributed by atoms with E-state index in [0.29, 0.717) is 11.5 Å². The molecule has 0 unspecified atom stereocenters. The Bertz CT molecular complexity index is 2370. The number of nitrogens with zero attached hydrogens (tertiary/aromatic N) is 2. The third-order valence-corrected chi connectivity index (χ3v) is 8.58. The molecule has 0 aliphatic rings. The molecular formula is C44H28N2O. The van der Waals surface area contributed by atoms with Crippen molar-refractivity contribution in [3.63, 3.8) is 0 Å². The van der Waals surface area contributed by atoms with Crippen LogP contribution in [0, 0.1) is 11.3 Å². The first kappa shape index (κ1) is 28.0. The van der Waals surface area contributed by atoms with Gasteiger partial charge < -0.3 is 4.42 Å². The number of fused-ring (bicyclic) bond motifs is 1. The van der Waals surface area contributed by atoms with Crippen LogP contribution in [0.3, 0.4) is 0 Å². The maximum atomic E-state index is 9.21. The lowest BCUT2D eigenvalue weighted by Crippen LogP contribution is -1.86. The molecule has 0 radical (unpaired) electrons. The minimum Gasteiger partial charge on any atom is -0.436 e. The highest BCUT2D eigenvalue weighted by atomic mass is 16.3. The van der Waals surface area contributed by atoms with Crippen LogP contribution >= 0.6 is 0 Å². The third kappa shape index (κ3) is 5.61. The molecule has 0 bridgehead atoms. The number of nitriles is 1. The van der Waals surface area contributed by atoms with Crippen molar-refractivity contribution in [1.82, 2.24) is 4.98 Å². The van der Waals surface area contributed by atoms with Crippen LogP contribution in [-0.2, 0) is 0 Å². The lowest BCUT2D eigenvalue weighted by Gasteiger charge is -2.09. The van der Waals surface area contributed by atoms with Crippen molar-refractivity contribution in [3.05, 3.63) is 175 Å². The summed E-state index contributed by atoms with van der Waals surface area (Å²) in [6.07, 6.45) is 0. The summed E-state index contributed by atoms with van der Waals surface area (Å²) in [6.45, 7) is 0. The van der Waals surface area contributed by atoms with Crippen molar-refractivity contribution in [2.75, 3.05) is 0 Å². The fourth-order valence-corrected chi connectivity index (χ4v) is 6.07. The molecule has 3 nitrogen and oxygen atoms in total. The van der Waals surface area contributed by atoms with E-state index in [1.54, 1.807) is 0 Å². The van der Waals surface area contributed by atoms with Crippen molar-refractivity contribution in [1.29, 1.82) is 5.26 Å². The highest BCUT2D eigenvalue weighted by molar-refractivity contribution is 5.96. The molecule has 8 aromatic rings. The number of hydrogen-bond donors (Lipinski definition) is 0. The summed E-state index contributed by atoms with van der Waals surface area (Å²) in [6, 6.07) is 60.5. The highest BCUT2D eigenvalue weighted by Gasteiger charge is 2.17. The van der Waals surface area contributed by atoms with Gasteiger partial charge in [0.25, 0.3) is 0 Å². The normalized spacial score (nSPS) is 11.0. The highest BCUT2D eigenvalue weighted by Crippen LogP contribution is 2.38. The van der Waals surface area contributed by atoms with Crippen LogP contribution in [-0.4, -0.2) is 4.98 Å².